The van der Waals surface area contributed by atoms with Crippen LogP contribution in [0.1, 0.15) is 30.6 Å². The molecule has 2 aromatic rings. The second kappa shape index (κ2) is 5.36. The molecule has 3 N–H and O–H groups in total. The summed E-state index contributed by atoms with van der Waals surface area (Å²) in [6, 6.07) is 9.33. The summed E-state index contributed by atoms with van der Waals surface area (Å²) in [5.41, 5.74) is 6.78. The largest absolute Gasteiger partial charge is 0.347 e. The van der Waals surface area contributed by atoms with Crippen molar-refractivity contribution in [3.63, 3.8) is 0 Å². The molecule has 1 aromatic carbocycles. The van der Waals surface area contributed by atoms with Crippen molar-refractivity contribution in [2.45, 2.75) is 25.8 Å². The first-order chi connectivity index (χ1) is 9.02. The number of pyridine rings is 1. The average molecular weight is 257 g/mol. The number of nitrogens with one attached hydrogen (secondary N) is 1. The number of nitrogens with two attached hydrogens (primary N) is 1. The zero-order valence-corrected chi connectivity index (χ0v) is 11.3. The molecule has 1 heterocycles. The van der Waals surface area contributed by atoms with E-state index in [9.17, 15) is 4.79 Å². The molecule has 0 radical (unpaired) electrons. The number of rotatable bonds is 4. The van der Waals surface area contributed by atoms with Crippen molar-refractivity contribution in [2.75, 3.05) is 6.54 Å². The monoisotopic (exact) mass is 257 g/mol. The van der Waals surface area contributed by atoms with Crippen LogP contribution in [0.2, 0.25) is 0 Å². The first-order valence-corrected chi connectivity index (χ1v) is 6.39. The van der Waals surface area contributed by atoms with Gasteiger partial charge in [-0.15, -0.1) is 0 Å². The lowest BCUT2D eigenvalue weighted by Crippen LogP contribution is -2.44. The van der Waals surface area contributed by atoms with Gasteiger partial charge in [-0.05, 0) is 51.1 Å². The van der Waals surface area contributed by atoms with Crippen LogP contribution in [0.15, 0.2) is 36.5 Å². The highest BCUT2D eigenvalue weighted by atomic mass is 16.1. The van der Waals surface area contributed by atoms with Crippen molar-refractivity contribution >= 4 is 16.8 Å². The summed E-state index contributed by atoms with van der Waals surface area (Å²) in [6.07, 6.45) is 2.49. The minimum absolute atomic E-state index is 0.0794. The molecule has 0 fully saturated rings. The fraction of sp³-hybridized carbons (Fsp3) is 0.333. The van der Waals surface area contributed by atoms with Crippen molar-refractivity contribution in [2.24, 2.45) is 5.73 Å². The maximum atomic E-state index is 12.2. The van der Waals surface area contributed by atoms with Gasteiger partial charge in [0.1, 0.15) is 0 Å². The maximum Gasteiger partial charge on any atom is 0.251 e. The Morgan fingerprint density at radius 2 is 2.16 bits per heavy atom. The average Bonchev–Trinajstić information content (AvgIpc) is 2.37. The molecular formula is C15H19N3O. The second-order valence-electron chi connectivity index (χ2n) is 5.29. The normalized spacial score (nSPS) is 11.5. The zero-order valence-electron chi connectivity index (χ0n) is 11.3. The third-order valence-corrected chi connectivity index (χ3v) is 3.09. The van der Waals surface area contributed by atoms with Gasteiger partial charge in [0.25, 0.3) is 5.91 Å². The number of carbonyl (C=O) groups excluding carboxylic acids is 1. The van der Waals surface area contributed by atoms with Gasteiger partial charge in [0.15, 0.2) is 0 Å². The van der Waals surface area contributed by atoms with E-state index in [-0.39, 0.29) is 11.4 Å². The quantitative estimate of drug-likeness (QED) is 0.881. The molecule has 0 saturated heterocycles. The first-order valence-electron chi connectivity index (χ1n) is 6.39. The van der Waals surface area contributed by atoms with Crippen molar-refractivity contribution in [1.29, 1.82) is 0 Å². The highest BCUT2D eigenvalue weighted by molar-refractivity contribution is 5.98. The number of carbonyl (C=O) groups is 1. The highest BCUT2D eigenvalue weighted by Crippen LogP contribution is 2.15. The zero-order chi connectivity index (χ0) is 13.9. The van der Waals surface area contributed by atoms with Crippen LogP contribution in [0.25, 0.3) is 10.9 Å². The number of hydrogen-bond acceptors (Lipinski definition) is 3. The van der Waals surface area contributed by atoms with Crippen LogP contribution in [-0.4, -0.2) is 23.0 Å². The molecule has 19 heavy (non-hydrogen) atoms. The van der Waals surface area contributed by atoms with E-state index in [4.69, 9.17) is 5.73 Å². The molecule has 0 aliphatic carbocycles. The first kappa shape index (κ1) is 13.5. The fourth-order valence-electron chi connectivity index (χ4n) is 2.02. The van der Waals surface area contributed by atoms with Crippen molar-refractivity contribution < 1.29 is 4.79 Å². The Morgan fingerprint density at radius 1 is 1.37 bits per heavy atom. The van der Waals surface area contributed by atoms with Crippen molar-refractivity contribution in [3.05, 3.63) is 42.1 Å². The second-order valence-corrected chi connectivity index (χ2v) is 5.29. The Balaban J connectivity index is 2.22. The van der Waals surface area contributed by atoms with Crippen LogP contribution in [-0.2, 0) is 0 Å². The topological polar surface area (TPSA) is 68.0 Å². The van der Waals surface area contributed by atoms with E-state index in [0.717, 1.165) is 17.3 Å². The molecule has 1 amide bonds. The molecule has 2 rings (SSSR count). The number of nitrogens with zero attached hydrogens (tertiary/aromatic N) is 1. The van der Waals surface area contributed by atoms with E-state index in [1.807, 2.05) is 38.1 Å². The van der Waals surface area contributed by atoms with Gasteiger partial charge in [-0.25, -0.2) is 0 Å². The van der Waals surface area contributed by atoms with Crippen LogP contribution in [0.5, 0.6) is 0 Å². The van der Waals surface area contributed by atoms with E-state index < -0.39 is 0 Å². The van der Waals surface area contributed by atoms with Crippen LogP contribution >= 0.6 is 0 Å². The smallest absolute Gasteiger partial charge is 0.251 e. The van der Waals surface area contributed by atoms with E-state index in [2.05, 4.69) is 10.3 Å². The van der Waals surface area contributed by atoms with Gasteiger partial charge in [0.2, 0.25) is 0 Å². The summed E-state index contributed by atoms with van der Waals surface area (Å²) in [5.74, 6) is -0.0794. The lowest BCUT2D eigenvalue weighted by molar-refractivity contribution is 0.0910. The van der Waals surface area contributed by atoms with Gasteiger partial charge in [-0.2, -0.15) is 0 Å². The summed E-state index contributed by atoms with van der Waals surface area (Å²) in [6.45, 7) is 4.50. The summed E-state index contributed by atoms with van der Waals surface area (Å²) in [5, 5.41) is 3.96. The molecule has 0 bridgehead atoms. The third-order valence-electron chi connectivity index (χ3n) is 3.09. The summed E-state index contributed by atoms with van der Waals surface area (Å²) in [4.78, 5) is 16.4. The van der Waals surface area contributed by atoms with E-state index in [0.29, 0.717) is 12.1 Å². The van der Waals surface area contributed by atoms with Crippen LogP contribution in [0.4, 0.5) is 0 Å². The SMILES string of the molecule is CC(C)(CCN)NC(=O)c1ccc2ncccc2c1. The number of hydrogen-bond donors (Lipinski definition) is 2. The van der Waals surface area contributed by atoms with Crippen LogP contribution in [0.3, 0.4) is 0 Å². The number of benzene rings is 1. The van der Waals surface area contributed by atoms with Gasteiger partial charge in [-0.3, -0.25) is 9.78 Å². The molecule has 0 aliphatic rings. The van der Waals surface area contributed by atoms with Crippen LogP contribution in [0, 0.1) is 0 Å². The third kappa shape index (κ3) is 3.29. The Morgan fingerprint density at radius 3 is 2.89 bits per heavy atom. The van der Waals surface area contributed by atoms with Crippen molar-refractivity contribution in [1.82, 2.24) is 10.3 Å². The lowest BCUT2D eigenvalue weighted by atomic mass is 10.00. The Bertz CT molecular complexity index is 593. The van der Waals surface area contributed by atoms with Gasteiger partial charge in [0.05, 0.1) is 5.52 Å². The Labute approximate surface area is 113 Å². The predicted octanol–water partition coefficient (Wildman–Crippen LogP) is 2.09. The van der Waals surface area contributed by atoms with Gasteiger partial charge in [-0.1, -0.05) is 6.07 Å². The maximum absolute atomic E-state index is 12.2. The summed E-state index contributed by atoms with van der Waals surface area (Å²) >= 11 is 0. The standard InChI is InChI=1S/C15H19N3O/c1-15(2,7-8-16)18-14(19)12-5-6-13-11(10-12)4-3-9-17-13/h3-6,9-10H,7-8,16H2,1-2H3,(H,18,19). The van der Waals surface area contributed by atoms with Gasteiger partial charge >= 0.3 is 0 Å². The molecule has 1 aromatic heterocycles. The van der Waals surface area contributed by atoms with E-state index in [1.165, 1.54) is 0 Å². The lowest BCUT2D eigenvalue weighted by Gasteiger charge is -2.25. The molecule has 0 unspecified atom stereocenters. The molecule has 0 saturated carbocycles. The molecule has 0 atom stereocenters. The minimum atomic E-state index is -0.296. The summed E-state index contributed by atoms with van der Waals surface area (Å²) in [7, 11) is 0. The molecule has 4 nitrogen and oxygen atoms in total. The van der Waals surface area contributed by atoms with E-state index >= 15 is 0 Å². The molecular weight excluding hydrogens is 238 g/mol. The number of aromatic nitrogens is 1. The molecule has 0 spiro atoms. The van der Waals surface area contributed by atoms with Crippen LogP contribution < -0.4 is 11.1 Å². The number of amides is 1. The Hall–Kier alpha value is -1.94. The predicted molar refractivity (Wildman–Crippen MR) is 77.0 cm³/mol. The van der Waals surface area contributed by atoms with E-state index in [1.54, 1.807) is 12.3 Å². The highest BCUT2D eigenvalue weighted by Gasteiger charge is 2.20. The Kier molecular flexibility index (Phi) is 3.81. The van der Waals surface area contributed by atoms with Gasteiger partial charge < -0.3 is 11.1 Å². The molecule has 0 aliphatic heterocycles. The van der Waals surface area contributed by atoms with Gasteiger partial charge in [0, 0.05) is 22.7 Å². The minimum Gasteiger partial charge on any atom is -0.347 e. The summed E-state index contributed by atoms with van der Waals surface area (Å²) < 4.78 is 0. The molecule has 4 heteroatoms. The number of fused-ring (bicyclic) bond motifs is 1. The molecule has 100 valence electrons. The fourth-order valence-corrected chi connectivity index (χ4v) is 2.02. The van der Waals surface area contributed by atoms with Crippen molar-refractivity contribution in [3.8, 4) is 0 Å².